The summed E-state index contributed by atoms with van der Waals surface area (Å²) >= 11 is 0. The predicted molar refractivity (Wildman–Crippen MR) is 76.3 cm³/mol. The Hall–Kier alpha value is -2.34. The molecule has 6 heteroatoms. The van der Waals surface area contributed by atoms with Crippen molar-refractivity contribution < 1.29 is 19.1 Å². The summed E-state index contributed by atoms with van der Waals surface area (Å²) in [5, 5.41) is 8.84. The largest absolute Gasteiger partial charge is 0.496 e. The van der Waals surface area contributed by atoms with Gasteiger partial charge in [-0.3, -0.25) is 4.90 Å². The maximum Gasteiger partial charge on any atom is 0.357 e. The van der Waals surface area contributed by atoms with Gasteiger partial charge in [0.25, 0.3) is 0 Å². The molecule has 0 saturated carbocycles. The van der Waals surface area contributed by atoms with Gasteiger partial charge in [0.2, 0.25) is 5.89 Å². The molecule has 1 aromatic heterocycles. The van der Waals surface area contributed by atoms with E-state index in [1.54, 1.807) is 7.11 Å². The number of benzene rings is 1. The number of para-hydroxylation sites is 1. The molecule has 1 aromatic carbocycles. The van der Waals surface area contributed by atoms with Crippen molar-refractivity contribution in [2.24, 2.45) is 0 Å². The first kappa shape index (κ1) is 15.1. The molecule has 0 fully saturated rings. The van der Waals surface area contributed by atoms with Gasteiger partial charge in [0, 0.05) is 11.6 Å². The summed E-state index contributed by atoms with van der Waals surface area (Å²) in [6, 6.07) is 7.85. The molecule has 2 aromatic rings. The van der Waals surface area contributed by atoms with Gasteiger partial charge >= 0.3 is 5.97 Å². The standard InChI is InChI=1S/C15H18N2O4/c1-10(11-6-4-5-7-13(11)20-3)17(2)8-14-16-12(9-21-14)15(18)19/h4-7,9-10H,8H2,1-3H3,(H,18,19). The Labute approximate surface area is 123 Å². The molecule has 0 amide bonds. The quantitative estimate of drug-likeness (QED) is 0.881. The van der Waals surface area contributed by atoms with Crippen LogP contribution >= 0.6 is 0 Å². The fourth-order valence-corrected chi connectivity index (χ4v) is 2.08. The number of hydrogen-bond donors (Lipinski definition) is 1. The zero-order chi connectivity index (χ0) is 15.4. The Morgan fingerprint density at radius 2 is 2.19 bits per heavy atom. The van der Waals surface area contributed by atoms with Crippen LogP contribution in [0.1, 0.15) is 34.9 Å². The maximum atomic E-state index is 10.8. The highest BCUT2D eigenvalue weighted by atomic mass is 16.5. The monoisotopic (exact) mass is 290 g/mol. The number of methoxy groups -OCH3 is 1. The van der Waals surface area contributed by atoms with Gasteiger partial charge in [0.05, 0.1) is 13.7 Å². The lowest BCUT2D eigenvalue weighted by atomic mass is 10.1. The number of aromatic nitrogens is 1. The molecule has 2 rings (SSSR count). The van der Waals surface area contributed by atoms with E-state index >= 15 is 0 Å². The molecule has 0 aliphatic rings. The van der Waals surface area contributed by atoms with Crippen LogP contribution in [0.25, 0.3) is 0 Å². The van der Waals surface area contributed by atoms with Crippen molar-refractivity contribution in [3.63, 3.8) is 0 Å². The number of rotatable bonds is 6. The smallest absolute Gasteiger partial charge is 0.357 e. The zero-order valence-electron chi connectivity index (χ0n) is 12.2. The number of carbonyl (C=O) groups is 1. The van der Waals surface area contributed by atoms with Crippen molar-refractivity contribution in [2.45, 2.75) is 19.5 Å². The SMILES string of the molecule is COc1ccccc1C(C)N(C)Cc1nc(C(=O)O)co1. The van der Waals surface area contributed by atoms with Crippen molar-refractivity contribution in [3.05, 3.63) is 47.7 Å². The summed E-state index contributed by atoms with van der Waals surface area (Å²) in [7, 11) is 3.56. The highest BCUT2D eigenvalue weighted by Crippen LogP contribution is 2.28. The van der Waals surface area contributed by atoms with Crippen molar-refractivity contribution in [1.82, 2.24) is 9.88 Å². The maximum absolute atomic E-state index is 10.8. The first-order valence-corrected chi connectivity index (χ1v) is 6.53. The number of nitrogens with zero attached hydrogens (tertiary/aromatic N) is 2. The zero-order valence-corrected chi connectivity index (χ0v) is 12.2. The van der Waals surface area contributed by atoms with Gasteiger partial charge in [-0.15, -0.1) is 0 Å². The number of carboxylic acid groups (broad SMARTS) is 1. The van der Waals surface area contributed by atoms with E-state index in [2.05, 4.69) is 4.98 Å². The molecule has 0 bridgehead atoms. The minimum absolute atomic E-state index is 0.0707. The molecule has 0 aliphatic heterocycles. The van der Waals surface area contributed by atoms with Crippen molar-refractivity contribution in [3.8, 4) is 5.75 Å². The summed E-state index contributed by atoms with van der Waals surface area (Å²) in [6.07, 6.45) is 1.15. The van der Waals surface area contributed by atoms with Gasteiger partial charge in [-0.05, 0) is 20.0 Å². The van der Waals surface area contributed by atoms with E-state index in [4.69, 9.17) is 14.3 Å². The van der Waals surface area contributed by atoms with Crippen LogP contribution < -0.4 is 4.74 Å². The fraction of sp³-hybridized carbons (Fsp3) is 0.333. The molecule has 0 spiro atoms. The molecule has 112 valence electrons. The Morgan fingerprint density at radius 3 is 2.81 bits per heavy atom. The third-order valence-corrected chi connectivity index (χ3v) is 3.41. The Balaban J connectivity index is 2.11. The minimum atomic E-state index is -1.09. The molecule has 6 nitrogen and oxygen atoms in total. The first-order valence-electron chi connectivity index (χ1n) is 6.53. The van der Waals surface area contributed by atoms with Crippen LogP contribution in [0.15, 0.2) is 34.9 Å². The van der Waals surface area contributed by atoms with Crippen LogP contribution in [-0.2, 0) is 6.54 Å². The fourth-order valence-electron chi connectivity index (χ4n) is 2.08. The number of ether oxygens (including phenoxy) is 1. The molecule has 0 aliphatic carbocycles. The summed E-state index contributed by atoms with van der Waals surface area (Å²) in [4.78, 5) is 16.7. The van der Waals surface area contributed by atoms with Gasteiger partial charge < -0.3 is 14.3 Å². The summed E-state index contributed by atoms with van der Waals surface area (Å²) in [5.41, 5.74) is 0.968. The molecule has 21 heavy (non-hydrogen) atoms. The Bertz CT molecular complexity index is 624. The highest BCUT2D eigenvalue weighted by Gasteiger charge is 2.18. The van der Waals surface area contributed by atoms with Gasteiger partial charge in [0.1, 0.15) is 12.0 Å². The first-order chi connectivity index (χ1) is 10.0. The van der Waals surface area contributed by atoms with E-state index in [1.165, 1.54) is 0 Å². The lowest BCUT2D eigenvalue weighted by Crippen LogP contribution is -2.22. The van der Waals surface area contributed by atoms with Crippen molar-refractivity contribution in [1.29, 1.82) is 0 Å². The number of carboxylic acids is 1. The van der Waals surface area contributed by atoms with Crippen LogP contribution in [0.2, 0.25) is 0 Å². The third-order valence-electron chi connectivity index (χ3n) is 3.41. The van der Waals surface area contributed by atoms with E-state index in [-0.39, 0.29) is 11.7 Å². The molecule has 1 atom stereocenters. The summed E-state index contributed by atoms with van der Waals surface area (Å²) in [6.45, 7) is 2.45. The van der Waals surface area contributed by atoms with E-state index < -0.39 is 5.97 Å². The number of aromatic carboxylic acids is 1. The van der Waals surface area contributed by atoms with E-state index in [9.17, 15) is 4.79 Å². The number of oxazole rings is 1. The molecule has 1 unspecified atom stereocenters. The predicted octanol–water partition coefficient (Wildman–Crippen LogP) is 2.57. The van der Waals surface area contributed by atoms with Gasteiger partial charge in [-0.2, -0.15) is 0 Å². The minimum Gasteiger partial charge on any atom is -0.496 e. The van der Waals surface area contributed by atoms with E-state index in [1.807, 2.05) is 43.1 Å². The molecule has 0 saturated heterocycles. The second kappa shape index (κ2) is 6.41. The second-order valence-electron chi connectivity index (χ2n) is 4.76. The lowest BCUT2D eigenvalue weighted by molar-refractivity contribution is 0.0690. The summed E-state index contributed by atoms with van der Waals surface area (Å²) in [5.74, 6) is 0.0950. The summed E-state index contributed by atoms with van der Waals surface area (Å²) < 4.78 is 10.5. The van der Waals surface area contributed by atoms with E-state index in [0.717, 1.165) is 17.6 Å². The van der Waals surface area contributed by atoms with Crippen LogP contribution in [0.5, 0.6) is 5.75 Å². The van der Waals surface area contributed by atoms with Crippen molar-refractivity contribution >= 4 is 5.97 Å². The molecule has 1 heterocycles. The number of hydrogen-bond acceptors (Lipinski definition) is 5. The molecular formula is C15H18N2O4. The second-order valence-corrected chi connectivity index (χ2v) is 4.76. The lowest BCUT2D eigenvalue weighted by Gasteiger charge is -2.25. The average molecular weight is 290 g/mol. The van der Waals surface area contributed by atoms with Gasteiger partial charge in [0.15, 0.2) is 5.69 Å². The highest BCUT2D eigenvalue weighted by molar-refractivity contribution is 5.84. The van der Waals surface area contributed by atoms with Gasteiger partial charge in [-0.1, -0.05) is 18.2 Å². The normalized spacial score (nSPS) is 12.4. The van der Waals surface area contributed by atoms with Gasteiger partial charge in [-0.25, -0.2) is 9.78 Å². The Kier molecular flexibility index (Phi) is 4.59. The third kappa shape index (κ3) is 3.41. The molecule has 1 N–H and O–H groups in total. The van der Waals surface area contributed by atoms with Crippen molar-refractivity contribution in [2.75, 3.05) is 14.2 Å². The molecule has 0 radical (unpaired) electrons. The van der Waals surface area contributed by atoms with E-state index in [0.29, 0.717) is 12.4 Å². The average Bonchev–Trinajstić information content (AvgIpc) is 2.95. The molecular weight excluding hydrogens is 272 g/mol. The van der Waals surface area contributed by atoms with Crippen LogP contribution in [0.3, 0.4) is 0 Å². The van der Waals surface area contributed by atoms with Crippen LogP contribution in [-0.4, -0.2) is 35.1 Å². The topological polar surface area (TPSA) is 75.8 Å². The van der Waals surface area contributed by atoms with Crippen LogP contribution in [0, 0.1) is 0 Å². The van der Waals surface area contributed by atoms with Crippen LogP contribution in [0.4, 0.5) is 0 Å². The Morgan fingerprint density at radius 1 is 1.48 bits per heavy atom.